The van der Waals surface area contributed by atoms with Gasteiger partial charge in [-0.15, -0.1) is 0 Å². The number of aliphatic carboxylic acids is 1. The first-order valence-corrected chi connectivity index (χ1v) is 7.51. The van der Waals surface area contributed by atoms with E-state index in [9.17, 15) is 22.8 Å². The molecule has 108 valence electrons. The molecule has 8 nitrogen and oxygen atoms in total. The van der Waals surface area contributed by atoms with E-state index < -0.39 is 45.2 Å². The van der Waals surface area contributed by atoms with Crippen LogP contribution in [0.15, 0.2) is 0 Å². The Hall–Kier alpha value is -1.64. The molecule has 0 heterocycles. The Morgan fingerprint density at radius 2 is 1.89 bits per heavy atom. The third kappa shape index (κ3) is 6.18. The van der Waals surface area contributed by atoms with Crippen LogP contribution < -0.4 is 10.6 Å². The summed E-state index contributed by atoms with van der Waals surface area (Å²) < 4.78 is 23.3. The van der Waals surface area contributed by atoms with Gasteiger partial charge in [-0.3, -0.25) is 9.59 Å². The minimum absolute atomic E-state index is 0.0355. The van der Waals surface area contributed by atoms with Crippen molar-refractivity contribution in [2.45, 2.75) is 31.8 Å². The van der Waals surface area contributed by atoms with Gasteiger partial charge in [0, 0.05) is 13.0 Å². The number of rotatable bonds is 7. The Morgan fingerprint density at radius 3 is 2.32 bits per heavy atom. The standard InChI is InChI=1S/C10H16N2O6S/c1-6(13)11-8(10(15)16)4-19(17,18)5-9(14)12-7-2-3-7/h7-8H,2-5H2,1H3,(H,11,13)(H,12,14)(H,15,16)/t8-/m0/s1. The molecule has 0 bridgehead atoms. The second-order valence-electron chi connectivity index (χ2n) is 4.49. The molecule has 1 rings (SSSR count). The fourth-order valence-corrected chi connectivity index (χ4v) is 2.76. The van der Waals surface area contributed by atoms with Gasteiger partial charge < -0.3 is 15.7 Å². The van der Waals surface area contributed by atoms with Gasteiger partial charge in [0.05, 0.1) is 5.75 Å². The summed E-state index contributed by atoms with van der Waals surface area (Å²) in [5, 5.41) is 13.3. The highest BCUT2D eigenvalue weighted by atomic mass is 32.2. The average Bonchev–Trinajstić information content (AvgIpc) is 2.97. The van der Waals surface area contributed by atoms with Crippen molar-refractivity contribution in [3.63, 3.8) is 0 Å². The number of carbonyl (C=O) groups excluding carboxylic acids is 2. The Bertz CT molecular complexity index is 482. The van der Waals surface area contributed by atoms with Crippen LogP contribution in [0.25, 0.3) is 0 Å². The smallest absolute Gasteiger partial charge is 0.327 e. The van der Waals surface area contributed by atoms with Crippen molar-refractivity contribution in [1.29, 1.82) is 0 Å². The van der Waals surface area contributed by atoms with E-state index in [2.05, 4.69) is 5.32 Å². The van der Waals surface area contributed by atoms with E-state index in [1.165, 1.54) is 0 Å². The van der Waals surface area contributed by atoms with Gasteiger partial charge in [0.15, 0.2) is 9.84 Å². The summed E-state index contributed by atoms with van der Waals surface area (Å²) in [6, 6.07) is -1.51. The molecular weight excluding hydrogens is 276 g/mol. The Kier molecular flexibility index (Phi) is 4.87. The highest BCUT2D eigenvalue weighted by molar-refractivity contribution is 7.92. The van der Waals surface area contributed by atoms with Crippen molar-refractivity contribution in [3.05, 3.63) is 0 Å². The number of carboxylic acid groups (broad SMARTS) is 1. The second kappa shape index (κ2) is 6.00. The molecule has 1 aliphatic carbocycles. The quantitative estimate of drug-likeness (QED) is 0.511. The van der Waals surface area contributed by atoms with E-state index in [1.807, 2.05) is 5.32 Å². The monoisotopic (exact) mass is 292 g/mol. The number of carbonyl (C=O) groups is 3. The maximum atomic E-state index is 11.7. The van der Waals surface area contributed by atoms with Crippen LogP contribution in [0.2, 0.25) is 0 Å². The van der Waals surface area contributed by atoms with Crippen LogP contribution in [-0.2, 0) is 24.2 Å². The fraction of sp³-hybridized carbons (Fsp3) is 0.700. The number of sulfone groups is 1. The second-order valence-corrected chi connectivity index (χ2v) is 6.60. The molecule has 19 heavy (non-hydrogen) atoms. The Morgan fingerprint density at radius 1 is 1.32 bits per heavy atom. The number of amides is 2. The molecule has 0 saturated heterocycles. The lowest BCUT2D eigenvalue weighted by molar-refractivity contribution is -0.140. The lowest BCUT2D eigenvalue weighted by Gasteiger charge is -2.13. The minimum atomic E-state index is -3.90. The maximum absolute atomic E-state index is 11.7. The highest BCUT2D eigenvalue weighted by Gasteiger charge is 2.30. The summed E-state index contributed by atoms with van der Waals surface area (Å²) in [5.41, 5.74) is 0. The van der Waals surface area contributed by atoms with Crippen molar-refractivity contribution in [2.24, 2.45) is 0 Å². The number of hydrogen-bond acceptors (Lipinski definition) is 5. The van der Waals surface area contributed by atoms with Crippen LogP contribution in [0.5, 0.6) is 0 Å². The molecule has 0 spiro atoms. The summed E-state index contributed by atoms with van der Waals surface area (Å²) in [7, 11) is -3.90. The predicted molar refractivity (Wildman–Crippen MR) is 65.1 cm³/mol. The molecule has 0 unspecified atom stereocenters. The van der Waals surface area contributed by atoms with Crippen molar-refractivity contribution >= 4 is 27.6 Å². The normalized spacial score (nSPS) is 16.5. The molecule has 1 fully saturated rings. The van der Waals surface area contributed by atoms with Gasteiger partial charge in [0.1, 0.15) is 11.8 Å². The van der Waals surface area contributed by atoms with Gasteiger partial charge in [-0.05, 0) is 12.8 Å². The van der Waals surface area contributed by atoms with Crippen molar-refractivity contribution in [2.75, 3.05) is 11.5 Å². The van der Waals surface area contributed by atoms with Gasteiger partial charge in [-0.25, -0.2) is 13.2 Å². The molecule has 1 saturated carbocycles. The molecule has 9 heteroatoms. The van der Waals surface area contributed by atoms with Crippen molar-refractivity contribution < 1.29 is 27.9 Å². The van der Waals surface area contributed by atoms with E-state index >= 15 is 0 Å². The molecular formula is C10H16N2O6S. The van der Waals surface area contributed by atoms with Crippen molar-refractivity contribution in [1.82, 2.24) is 10.6 Å². The van der Waals surface area contributed by atoms with E-state index in [4.69, 9.17) is 5.11 Å². The molecule has 0 aromatic rings. The zero-order valence-corrected chi connectivity index (χ0v) is 11.2. The zero-order chi connectivity index (χ0) is 14.6. The SMILES string of the molecule is CC(=O)N[C@@H](CS(=O)(=O)CC(=O)NC1CC1)C(=O)O. The predicted octanol–water partition coefficient (Wildman–Crippen LogP) is -1.73. The van der Waals surface area contributed by atoms with Gasteiger partial charge in [0.2, 0.25) is 11.8 Å². The van der Waals surface area contributed by atoms with Crippen LogP contribution in [-0.4, -0.2) is 54.9 Å². The van der Waals surface area contributed by atoms with E-state index in [-0.39, 0.29) is 6.04 Å². The number of nitrogens with one attached hydrogen (secondary N) is 2. The molecule has 1 aliphatic rings. The summed E-state index contributed by atoms with van der Waals surface area (Å²) in [6.07, 6.45) is 1.66. The molecule has 3 N–H and O–H groups in total. The molecule has 2 amide bonds. The topological polar surface area (TPSA) is 130 Å². The maximum Gasteiger partial charge on any atom is 0.327 e. The summed E-state index contributed by atoms with van der Waals surface area (Å²) in [5.74, 6) is -4.33. The van der Waals surface area contributed by atoms with E-state index in [0.717, 1.165) is 19.8 Å². The van der Waals surface area contributed by atoms with Crippen LogP contribution in [0.3, 0.4) is 0 Å². The number of carboxylic acids is 1. The first kappa shape index (κ1) is 15.4. The van der Waals surface area contributed by atoms with Crippen LogP contribution in [0.4, 0.5) is 0 Å². The summed E-state index contributed by atoms with van der Waals surface area (Å²) >= 11 is 0. The molecule has 1 atom stereocenters. The van der Waals surface area contributed by atoms with Gasteiger partial charge in [0.25, 0.3) is 0 Å². The average molecular weight is 292 g/mol. The molecule has 0 aromatic heterocycles. The zero-order valence-electron chi connectivity index (χ0n) is 10.4. The summed E-state index contributed by atoms with van der Waals surface area (Å²) in [6.45, 7) is 1.09. The fourth-order valence-electron chi connectivity index (χ4n) is 1.43. The molecule has 0 aromatic carbocycles. The lowest BCUT2D eigenvalue weighted by atomic mass is 10.3. The highest BCUT2D eigenvalue weighted by Crippen LogP contribution is 2.18. The first-order valence-electron chi connectivity index (χ1n) is 5.69. The van der Waals surface area contributed by atoms with E-state index in [0.29, 0.717) is 0 Å². The van der Waals surface area contributed by atoms with E-state index in [1.54, 1.807) is 0 Å². The molecule has 0 radical (unpaired) electrons. The lowest BCUT2D eigenvalue weighted by Crippen LogP contribution is -2.46. The minimum Gasteiger partial charge on any atom is -0.480 e. The van der Waals surface area contributed by atoms with Gasteiger partial charge >= 0.3 is 5.97 Å². The largest absolute Gasteiger partial charge is 0.480 e. The third-order valence-corrected chi connectivity index (χ3v) is 3.93. The van der Waals surface area contributed by atoms with Crippen molar-refractivity contribution in [3.8, 4) is 0 Å². The Labute approximate surface area is 110 Å². The van der Waals surface area contributed by atoms with Gasteiger partial charge in [-0.2, -0.15) is 0 Å². The Balaban J connectivity index is 2.56. The number of hydrogen-bond donors (Lipinski definition) is 3. The summed E-state index contributed by atoms with van der Waals surface area (Å²) in [4.78, 5) is 32.9. The van der Waals surface area contributed by atoms with Crippen LogP contribution in [0.1, 0.15) is 19.8 Å². The van der Waals surface area contributed by atoms with Crippen LogP contribution in [0, 0.1) is 0 Å². The first-order chi connectivity index (χ1) is 8.69. The third-order valence-electron chi connectivity index (χ3n) is 2.39. The van der Waals surface area contributed by atoms with Gasteiger partial charge in [-0.1, -0.05) is 0 Å². The van der Waals surface area contributed by atoms with Crippen LogP contribution >= 0.6 is 0 Å². The molecule has 0 aliphatic heterocycles.